The number of hydrogen-bond acceptors (Lipinski definition) is 0. The van der Waals surface area contributed by atoms with Crippen LogP contribution in [-0.2, 0) is 20.3 Å². The van der Waals surface area contributed by atoms with E-state index in [1.165, 1.54) is 22.3 Å². The van der Waals surface area contributed by atoms with Gasteiger partial charge in [0.1, 0.15) is 0 Å². The first kappa shape index (κ1) is 21.1. The van der Waals surface area contributed by atoms with Crippen LogP contribution in [0.2, 0.25) is 8.26 Å². The molecule has 1 fully saturated rings. The fourth-order valence-corrected chi connectivity index (χ4v) is 23.5. The molecule has 0 saturated carbocycles. The van der Waals surface area contributed by atoms with Crippen LogP contribution < -0.4 is 24.8 Å². The molecule has 3 heteroatoms. The molecule has 1 aliphatic heterocycles. The van der Waals surface area contributed by atoms with E-state index in [2.05, 4.69) is 76.2 Å². The summed E-state index contributed by atoms with van der Waals surface area (Å²) in [5.41, 5.74) is 12.4. The summed E-state index contributed by atoms with van der Waals surface area (Å²) >= 11 is -2.30. The fourth-order valence-electron chi connectivity index (χ4n) is 5.73. The van der Waals surface area contributed by atoms with Gasteiger partial charge in [-0.15, -0.1) is 0 Å². The molecule has 0 N–H and O–H groups in total. The van der Waals surface area contributed by atoms with Gasteiger partial charge in [0, 0.05) is 0 Å². The molecule has 2 aromatic rings. The van der Waals surface area contributed by atoms with Crippen molar-refractivity contribution in [3.05, 3.63) is 80.9 Å². The molecule has 1 heterocycles. The van der Waals surface area contributed by atoms with E-state index in [0.717, 1.165) is 7.25 Å². The normalized spacial score (nSPS) is 22.2. The van der Waals surface area contributed by atoms with Crippen molar-refractivity contribution in [3.8, 4) is 0 Å². The summed E-state index contributed by atoms with van der Waals surface area (Å²) in [6, 6.07) is 14.3. The van der Waals surface area contributed by atoms with E-state index in [1.807, 2.05) is 0 Å². The smallest absolute Gasteiger partial charge is 1.00 e. The maximum absolute atomic E-state index is 2.49. The van der Waals surface area contributed by atoms with Crippen molar-refractivity contribution in [3.63, 3.8) is 0 Å². The minimum atomic E-state index is -2.30. The van der Waals surface area contributed by atoms with Crippen LogP contribution in [0.4, 0.5) is 0 Å². The molecule has 0 spiro atoms. The fraction of sp³-hybridized carbons (Fsp3) is 0.333. The molecular formula is C24H26Cl2Zr. The average Bonchev–Trinajstić information content (AvgIpc) is 3.15. The van der Waals surface area contributed by atoms with E-state index in [-0.39, 0.29) is 24.8 Å². The Morgan fingerprint density at radius 3 is 1.44 bits per heavy atom. The van der Waals surface area contributed by atoms with Crippen molar-refractivity contribution in [2.24, 2.45) is 0 Å². The maximum atomic E-state index is 2.49. The Morgan fingerprint density at radius 2 is 1.07 bits per heavy atom. The van der Waals surface area contributed by atoms with Crippen LogP contribution in [0, 0.1) is 13.8 Å². The molecule has 0 nitrogen and oxygen atoms in total. The Balaban J connectivity index is 0.00000105. The van der Waals surface area contributed by atoms with Gasteiger partial charge in [-0.3, -0.25) is 0 Å². The summed E-state index contributed by atoms with van der Waals surface area (Å²) < 4.78 is 4.71. The van der Waals surface area contributed by atoms with Crippen molar-refractivity contribution in [1.82, 2.24) is 0 Å². The van der Waals surface area contributed by atoms with Gasteiger partial charge in [0.05, 0.1) is 0 Å². The van der Waals surface area contributed by atoms with E-state index in [9.17, 15) is 0 Å². The Morgan fingerprint density at radius 1 is 0.667 bits per heavy atom. The van der Waals surface area contributed by atoms with Crippen molar-refractivity contribution in [2.45, 2.75) is 43.2 Å². The van der Waals surface area contributed by atoms with Crippen LogP contribution in [0.15, 0.2) is 47.5 Å². The number of aryl methyl sites for hydroxylation is 2. The predicted molar refractivity (Wildman–Crippen MR) is 105 cm³/mol. The van der Waals surface area contributed by atoms with E-state index < -0.39 is 20.3 Å². The zero-order valence-corrected chi connectivity index (χ0v) is 20.4. The molecule has 0 aromatic heterocycles. The largest absolute Gasteiger partial charge is 1.00 e. The van der Waals surface area contributed by atoms with E-state index in [1.54, 1.807) is 30.5 Å². The van der Waals surface area contributed by atoms with Crippen molar-refractivity contribution < 1.29 is 45.1 Å². The summed E-state index contributed by atoms with van der Waals surface area (Å²) in [4.78, 5) is 0. The molecule has 5 rings (SSSR count). The Hall–Kier alpha value is -0.617. The van der Waals surface area contributed by atoms with Gasteiger partial charge < -0.3 is 24.8 Å². The quantitative estimate of drug-likeness (QED) is 0.605. The van der Waals surface area contributed by atoms with Crippen LogP contribution in [0.25, 0.3) is 12.2 Å². The molecule has 3 aliphatic rings. The van der Waals surface area contributed by atoms with Crippen LogP contribution >= 0.6 is 0 Å². The topological polar surface area (TPSA) is 0 Å². The molecule has 0 bridgehead atoms. The Kier molecular flexibility index (Phi) is 5.73. The van der Waals surface area contributed by atoms with Crippen LogP contribution in [-0.4, -0.2) is 0 Å². The van der Waals surface area contributed by atoms with E-state index >= 15 is 0 Å². The Bertz CT molecular complexity index is 891. The van der Waals surface area contributed by atoms with Crippen LogP contribution in [0.3, 0.4) is 0 Å². The third-order valence-electron chi connectivity index (χ3n) is 6.76. The van der Waals surface area contributed by atoms with Gasteiger partial charge in [-0.2, -0.15) is 0 Å². The summed E-state index contributed by atoms with van der Waals surface area (Å²) in [5, 5.41) is 0. The first-order chi connectivity index (χ1) is 12.0. The van der Waals surface area contributed by atoms with Crippen LogP contribution in [0.1, 0.15) is 54.5 Å². The maximum Gasteiger partial charge on any atom is -1.00 e. The SMILES string of the molecule is CC1=Cc2cc(C)ccc2[CH]1[Zr+2]1([CH]2C(C)=Cc3cc(C)ccc32)[CH2][CH2]1.[Cl-].[Cl-]. The summed E-state index contributed by atoms with van der Waals surface area (Å²) in [6.45, 7) is 9.24. The number of benzene rings is 2. The second-order valence-electron chi connectivity index (χ2n) is 8.64. The Labute approximate surface area is 180 Å². The van der Waals surface area contributed by atoms with Gasteiger partial charge in [-0.1, -0.05) is 0 Å². The first-order valence-electron chi connectivity index (χ1n) is 9.57. The zero-order valence-electron chi connectivity index (χ0n) is 16.4. The minimum absolute atomic E-state index is 0. The molecule has 0 amide bonds. The zero-order chi connectivity index (χ0) is 17.3. The van der Waals surface area contributed by atoms with Crippen LogP contribution in [0.5, 0.6) is 0 Å². The van der Waals surface area contributed by atoms with Gasteiger partial charge in [-0.05, 0) is 0 Å². The number of fused-ring (bicyclic) bond motifs is 2. The van der Waals surface area contributed by atoms with E-state index in [4.69, 9.17) is 0 Å². The molecule has 2 unspecified atom stereocenters. The third kappa shape index (κ3) is 3.15. The molecule has 27 heavy (non-hydrogen) atoms. The molecule has 2 aromatic carbocycles. The standard InChI is InChI=1S/2C11H11.C2H4.2ClH.Zr/c2*1-8-3-4-10-6-9(2)7-11(10)5-8;1-2;;;/h2*3-7H,1-2H3;1-2H2;2*1H;/q;;;;;+2/p-2. The molecule has 1 saturated heterocycles. The third-order valence-corrected chi connectivity index (χ3v) is 20.2. The first-order valence-corrected chi connectivity index (χ1v) is 15.9. The van der Waals surface area contributed by atoms with Crippen molar-refractivity contribution >= 4 is 12.2 Å². The molecule has 140 valence electrons. The van der Waals surface area contributed by atoms with Gasteiger partial charge in [-0.25, -0.2) is 0 Å². The summed E-state index contributed by atoms with van der Waals surface area (Å²) in [5.74, 6) is 0. The number of halogens is 2. The monoisotopic (exact) mass is 474 g/mol. The second kappa shape index (κ2) is 7.33. The summed E-state index contributed by atoms with van der Waals surface area (Å²) in [7, 11) is 0. The molecular weight excluding hydrogens is 450 g/mol. The van der Waals surface area contributed by atoms with Crippen molar-refractivity contribution in [1.29, 1.82) is 0 Å². The van der Waals surface area contributed by atoms with Gasteiger partial charge >= 0.3 is 157 Å². The van der Waals surface area contributed by atoms with Gasteiger partial charge in [0.25, 0.3) is 0 Å². The van der Waals surface area contributed by atoms with Crippen molar-refractivity contribution in [2.75, 3.05) is 0 Å². The number of hydrogen-bond donors (Lipinski definition) is 0. The minimum Gasteiger partial charge on any atom is -1.00 e. The average molecular weight is 477 g/mol. The molecule has 2 atom stereocenters. The molecule has 2 aliphatic carbocycles. The van der Waals surface area contributed by atoms with E-state index in [0.29, 0.717) is 0 Å². The van der Waals surface area contributed by atoms with Gasteiger partial charge in [0.15, 0.2) is 0 Å². The number of allylic oxidation sites excluding steroid dienone is 2. The van der Waals surface area contributed by atoms with Gasteiger partial charge in [0.2, 0.25) is 0 Å². The number of rotatable bonds is 2. The summed E-state index contributed by atoms with van der Waals surface area (Å²) in [6.07, 6.45) is 4.99. The molecule has 0 radical (unpaired) electrons. The predicted octanol–water partition coefficient (Wildman–Crippen LogP) is 0.932. The second-order valence-corrected chi connectivity index (χ2v) is 20.0.